The van der Waals surface area contributed by atoms with Crippen molar-refractivity contribution in [1.29, 1.82) is 0 Å². The summed E-state index contributed by atoms with van der Waals surface area (Å²) in [6.07, 6.45) is 0.903. The number of nitrogens with zero attached hydrogens (tertiary/aromatic N) is 1. The zero-order valence-corrected chi connectivity index (χ0v) is 10.8. The van der Waals surface area contributed by atoms with Gasteiger partial charge in [-0.3, -0.25) is 0 Å². The molecule has 3 nitrogen and oxygen atoms in total. The van der Waals surface area contributed by atoms with Crippen LogP contribution in [0.4, 0.5) is 5.69 Å². The normalized spacial score (nSPS) is 17.2. The largest absolute Gasteiger partial charge is 0.378 e. The van der Waals surface area contributed by atoms with E-state index in [1.54, 1.807) is 0 Å². The van der Waals surface area contributed by atoms with Crippen molar-refractivity contribution in [2.45, 2.75) is 25.8 Å². The van der Waals surface area contributed by atoms with Crippen LogP contribution in [0.15, 0.2) is 24.3 Å². The lowest BCUT2D eigenvalue weighted by molar-refractivity contribution is 0.122. The summed E-state index contributed by atoms with van der Waals surface area (Å²) in [5.74, 6) is 0. The predicted octanol–water partition coefficient (Wildman–Crippen LogP) is 1.80. The summed E-state index contributed by atoms with van der Waals surface area (Å²) in [7, 11) is 0. The summed E-state index contributed by atoms with van der Waals surface area (Å²) < 4.78 is 5.40. The Balaban J connectivity index is 2.20. The number of para-hydroxylation sites is 1. The van der Waals surface area contributed by atoms with Crippen molar-refractivity contribution >= 4 is 5.69 Å². The van der Waals surface area contributed by atoms with Crippen LogP contribution in [0, 0.1) is 0 Å². The number of hydrogen-bond acceptors (Lipinski definition) is 3. The maximum Gasteiger partial charge on any atom is 0.0642 e. The molecule has 0 bridgehead atoms. The molecule has 1 fully saturated rings. The van der Waals surface area contributed by atoms with E-state index in [0.717, 1.165) is 32.7 Å². The number of benzene rings is 1. The van der Waals surface area contributed by atoms with Crippen molar-refractivity contribution in [3.63, 3.8) is 0 Å². The van der Waals surface area contributed by atoms with Crippen LogP contribution in [0.25, 0.3) is 0 Å². The smallest absolute Gasteiger partial charge is 0.0642 e. The Hall–Kier alpha value is -1.06. The molecule has 1 aliphatic heterocycles. The highest BCUT2D eigenvalue weighted by Crippen LogP contribution is 2.24. The third kappa shape index (κ3) is 3.45. The molecule has 0 spiro atoms. The van der Waals surface area contributed by atoms with Gasteiger partial charge in [0.05, 0.1) is 13.2 Å². The number of hydrogen-bond donors (Lipinski definition) is 1. The van der Waals surface area contributed by atoms with Crippen molar-refractivity contribution in [3.05, 3.63) is 29.8 Å². The first-order valence-corrected chi connectivity index (χ1v) is 6.26. The van der Waals surface area contributed by atoms with Crippen LogP contribution >= 0.6 is 0 Å². The van der Waals surface area contributed by atoms with E-state index in [1.807, 2.05) is 0 Å². The van der Waals surface area contributed by atoms with Crippen LogP contribution < -0.4 is 10.6 Å². The average Bonchev–Trinajstić information content (AvgIpc) is 2.29. The standard InChI is InChI=1S/C14H22N2O/c1-14(2,15)11-12-5-3-4-6-13(12)16-7-9-17-10-8-16/h3-6H,7-11,15H2,1-2H3. The van der Waals surface area contributed by atoms with Crippen LogP contribution in [-0.2, 0) is 11.2 Å². The van der Waals surface area contributed by atoms with Gasteiger partial charge in [-0.05, 0) is 31.9 Å². The van der Waals surface area contributed by atoms with E-state index in [-0.39, 0.29) is 5.54 Å². The van der Waals surface area contributed by atoms with E-state index >= 15 is 0 Å². The molecule has 17 heavy (non-hydrogen) atoms. The fraction of sp³-hybridized carbons (Fsp3) is 0.571. The zero-order valence-electron chi connectivity index (χ0n) is 10.8. The minimum absolute atomic E-state index is 0.164. The second-order valence-corrected chi connectivity index (χ2v) is 5.39. The van der Waals surface area contributed by atoms with Crippen molar-refractivity contribution < 1.29 is 4.74 Å². The van der Waals surface area contributed by atoms with E-state index in [2.05, 4.69) is 43.0 Å². The minimum atomic E-state index is -0.164. The predicted molar refractivity (Wildman–Crippen MR) is 71.4 cm³/mol. The molecule has 94 valence electrons. The molecule has 0 amide bonds. The SMILES string of the molecule is CC(C)(N)Cc1ccccc1N1CCOCC1. The van der Waals surface area contributed by atoms with Crippen LogP contribution in [0.3, 0.4) is 0 Å². The molecular weight excluding hydrogens is 212 g/mol. The first-order chi connectivity index (χ1) is 8.06. The molecule has 1 aromatic rings. The molecule has 1 aliphatic rings. The topological polar surface area (TPSA) is 38.5 Å². The van der Waals surface area contributed by atoms with E-state index < -0.39 is 0 Å². The molecule has 2 rings (SSSR count). The highest BCUT2D eigenvalue weighted by molar-refractivity contribution is 5.54. The number of anilines is 1. The average molecular weight is 234 g/mol. The summed E-state index contributed by atoms with van der Waals surface area (Å²) in [6.45, 7) is 7.73. The van der Waals surface area contributed by atoms with Gasteiger partial charge >= 0.3 is 0 Å². The van der Waals surface area contributed by atoms with Crippen molar-refractivity contribution in [2.75, 3.05) is 31.2 Å². The van der Waals surface area contributed by atoms with Crippen LogP contribution in [0.2, 0.25) is 0 Å². The van der Waals surface area contributed by atoms with Gasteiger partial charge in [-0.1, -0.05) is 18.2 Å². The minimum Gasteiger partial charge on any atom is -0.378 e. The molecule has 1 aromatic carbocycles. The highest BCUT2D eigenvalue weighted by atomic mass is 16.5. The second-order valence-electron chi connectivity index (χ2n) is 5.39. The van der Waals surface area contributed by atoms with Crippen molar-refractivity contribution in [3.8, 4) is 0 Å². The second kappa shape index (κ2) is 5.07. The Morgan fingerprint density at radius 2 is 1.88 bits per heavy atom. The van der Waals surface area contributed by atoms with E-state index in [0.29, 0.717) is 0 Å². The molecule has 3 heteroatoms. The van der Waals surface area contributed by atoms with Crippen LogP contribution in [0.5, 0.6) is 0 Å². The maximum absolute atomic E-state index is 6.12. The summed E-state index contributed by atoms with van der Waals surface area (Å²) >= 11 is 0. The van der Waals surface area contributed by atoms with Crippen LogP contribution in [0.1, 0.15) is 19.4 Å². The van der Waals surface area contributed by atoms with Gasteiger partial charge in [0.2, 0.25) is 0 Å². The van der Waals surface area contributed by atoms with E-state index in [1.165, 1.54) is 11.3 Å². The van der Waals surface area contributed by atoms with Crippen molar-refractivity contribution in [1.82, 2.24) is 0 Å². The van der Waals surface area contributed by atoms with Gasteiger partial charge in [-0.15, -0.1) is 0 Å². The third-order valence-electron chi connectivity index (χ3n) is 2.99. The summed E-state index contributed by atoms with van der Waals surface area (Å²) in [5.41, 5.74) is 8.61. The molecule has 1 saturated heterocycles. The van der Waals surface area contributed by atoms with Gasteiger partial charge in [0.25, 0.3) is 0 Å². The van der Waals surface area contributed by atoms with Gasteiger partial charge < -0.3 is 15.4 Å². The molecule has 0 radical (unpaired) electrons. The fourth-order valence-corrected chi connectivity index (χ4v) is 2.26. The molecule has 0 unspecified atom stereocenters. The molecular formula is C14H22N2O. The summed E-state index contributed by atoms with van der Waals surface area (Å²) in [5, 5.41) is 0. The van der Waals surface area contributed by atoms with Gasteiger partial charge in [0, 0.05) is 24.3 Å². The third-order valence-corrected chi connectivity index (χ3v) is 2.99. The first kappa shape index (κ1) is 12.4. The lowest BCUT2D eigenvalue weighted by Crippen LogP contribution is -2.38. The lowest BCUT2D eigenvalue weighted by atomic mass is 9.94. The summed E-state index contributed by atoms with van der Waals surface area (Å²) in [4.78, 5) is 2.39. The number of ether oxygens (including phenoxy) is 1. The van der Waals surface area contributed by atoms with E-state index in [9.17, 15) is 0 Å². The Morgan fingerprint density at radius 3 is 2.53 bits per heavy atom. The quantitative estimate of drug-likeness (QED) is 0.866. The number of nitrogens with two attached hydrogens (primary N) is 1. The van der Waals surface area contributed by atoms with Crippen molar-refractivity contribution in [2.24, 2.45) is 5.73 Å². The Labute approximate surface area is 104 Å². The van der Waals surface area contributed by atoms with E-state index in [4.69, 9.17) is 10.5 Å². The van der Waals surface area contributed by atoms with Gasteiger partial charge in [0.15, 0.2) is 0 Å². The summed E-state index contributed by atoms with van der Waals surface area (Å²) in [6, 6.07) is 8.55. The number of rotatable bonds is 3. The molecule has 0 atom stereocenters. The molecule has 1 heterocycles. The number of morpholine rings is 1. The maximum atomic E-state index is 6.12. The molecule has 0 aromatic heterocycles. The monoisotopic (exact) mass is 234 g/mol. The molecule has 0 saturated carbocycles. The Bertz CT molecular complexity index is 365. The lowest BCUT2D eigenvalue weighted by Gasteiger charge is -2.32. The molecule has 0 aliphatic carbocycles. The van der Waals surface area contributed by atoms with Gasteiger partial charge in [-0.25, -0.2) is 0 Å². The highest BCUT2D eigenvalue weighted by Gasteiger charge is 2.18. The Morgan fingerprint density at radius 1 is 1.24 bits per heavy atom. The fourth-order valence-electron chi connectivity index (χ4n) is 2.26. The van der Waals surface area contributed by atoms with Crippen LogP contribution in [-0.4, -0.2) is 31.8 Å². The zero-order chi connectivity index (χ0) is 12.3. The van der Waals surface area contributed by atoms with Gasteiger partial charge in [0.1, 0.15) is 0 Å². The Kier molecular flexibility index (Phi) is 3.69. The molecule has 2 N–H and O–H groups in total. The first-order valence-electron chi connectivity index (χ1n) is 6.26. The van der Waals surface area contributed by atoms with Gasteiger partial charge in [-0.2, -0.15) is 0 Å².